The van der Waals surface area contributed by atoms with E-state index in [-0.39, 0.29) is 5.91 Å². The smallest absolute Gasteiger partial charge is 0.274 e. The van der Waals surface area contributed by atoms with Gasteiger partial charge < -0.3 is 18.9 Å². The van der Waals surface area contributed by atoms with Gasteiger partial charge in [-0.2, -0.15) is 0 Å². The third kappa shape index (κ3) is 3.25. The van der Waals surface area contributed by atoms with Crippen LogP contribution < -0.4 is 0 Å². The van der Waals surface area contributed by atoms with Crippen molar-refractivity contribution in [3.8, 4) is 0 Å². The van der Waals surface area contributed by atoms with Crippen LogP contribution in [0.1, 0.15) is 52.6 Å². The summed E-state index contributed by atoms with van der Waals surface area (Å²) in [6.07, 6.45) is 5.42. The Labute approximate surface area is 165 Å². The maximum absolute atomic E-state index is 13.0. The van der Waals surface area contributed by atoms with E-state index in [1.807, 2.05) is 11.1 Å². The molecule has 0 radical (unpaired) electrons. The Balaban J connectivity index is 1.28. The van der Waals surface area contributed by atoms with Crippen LogP contribution in [0.25, 0.3) is 0 Å². The molecule has 6 nitrogen and oxygen atoms in total. The van der Waals surface area contributed by atoms with E-state index in [1.165, 1.54) is 11.1 Å². The van der Waals surface area contributed by atoms with E-state index in [9.17, 15) is 4.79 Å². The SMILES string of the molecule is Cc1cccc([C@@H]2CCc3nc(C(=O)N4CCC5(CC4)OCCO5)cn3C2)c1. The number of aryl methyl sites for hydroxylation is 2. The van der Waals surface area contributed by atoms with Gasteiger partial charge in [0.1, 0.15) is 11.5 Å². The summed E-state index contributed by atoms with van der Waals surface area (Å²) in [6, 6.07) is 8.75. The zero-order valence-electron chi connectivity index (χ0n) is 16.4. The molecule has 148 valence electrons. The number of nitrogens with zero attached hydrogens (tertiary/aromatic N) is 3. The molecule has 3 aliphatic heterocycles. The number of aromatic nitrogens is 2. The third-order valence-corrected chi connectivity index (χ3v) is 6.35. The number of ether oxygens (including phenoxy) is 2. The van der Waals surface area contributed by atoms with Crippen molar-refractivity contribution >= 4 is 5.91 Å². The minimum atomic E-state index is -0.453. The van der Waals surface area contributed by atoms with Crippen molar-refractivity contribution in [3.63, 3.8) is 0 Å². The minimum Gasteiger partial charge on any atom is -0.347 e. The van der Waals surface area contributed by atoms with Crippen LogP contribution in [0.5, 0.6) is 0 Å². The molecule has 4 heterocycles. The largest absolute Gasteiger partial charge is 0.347 e. The van der Waals surface area contributed by atoms with Crippen LogP contribution in [-0.4, -0.2) is 52.4 Å². The van der Waals surface area contributed by atoms with E-state index in [1.54, 1.807) is 0 Å². The highest BCUT2D eigenvalue weighted by atomic mass is 16.7. The molecule has 28 heavy (non-hydrogen) atoms. The standard InChI is InChI=1S/C22H27N3O3/c1-16-3-2-4-17(13-16)18-5-6-20-23-19(15-25(20)14-18)21(26)24-9-7-22(8-10-24)27-11-12-28-22/h2-4,13,15,18H,5-12,14H2,1H3/t18-/m1/s1. The van der Waals surface area contributed by atoms with Crippen LogP contribution in [0.2, 0.25) is 0 Å². The zero-order valence-corrected chi connectivity index (χ0v) is 16.4. The molecule has 0 aliphatic carbocycles. The molecule has 0 unspecified atom stereocenters. The molecule has 0 saturated carbocycles. The predicted molar refractivity (Wildman–Crippen MR) is 104 cm³/mol. The molecule has 1 amide bonds. The Hall–Kier alpha value is -2.18. The summed E-state index contributed by atoms with van der Waals surface area (Å²) in [5.74, 6) is 1.09. The van der Waals surface area contributed by atoms with Gasteiger partial charge in [-0.15, -0.1) is 0 Å². The van der Waals surface area contributed by atoms with Crippen molar-refractivity contribution in [2.24, 2.45) is 0 Å². The summed E-state index contributed by atoms with van der Waals surface area (Å²) < 4.78 is 13.7. The lowest BCUT2D eigenvalue weighted by atomic mass is 9.91. The van der Waals surface area contributed by atoms with E-state index >= 15 is 0 Å². The Kier molecular flexibility index (Phi) is 4.48. The van der Waals surface area contributed by atoms with E-state index < -0.39 is 5.79 Å². The second-order valence-electron chi connectivity index (χ2n) is 8.24. The first-order valence-electron chi connectivity index (χ1n) is 10.3. The van der Waals surface area contributed by atoms with Crippen LogP contribution in [0, 0.1) is 6.92 Å². The van der Waals surface area contributed by atoms with E-state index in [0.29, 0.717) is 37.9 Å². The molecule has 2 aromatic rings. The van der Waals surface area contributed by atoms with Gasteiger partial charge in [0.2, 0.25) is 0 Å². The first-order chi connectivity index (χ1) is 13.6. The molecule has 0 bridgehead atoms. The van der Waals surface area contributed by atoms with Gasteiger partial charge in [-0.05, 0) is 18.9 Å². The van der Waals surface area contributed by atoms with Gasteiger partial charge in [0.15, 0.2) is 5.79 Å². The highest BCUT2D eigenvalue weighted by Gasteiger charge is 2.41. The van der Waals surface area contributed by atoms with Crippen molar-refractivity contribution in [2.75, 3.05) is 26.3 Å². The lowest BCUT2D eigenvalue weighted by Gasteiger charge is -2.37. The summed E-state index contributed by atoms with van der Waals surface area (Å²) in [7, 11) is 0. The summed E-state index contributed by atoms with van der Waals surface area (Å²) in [4.78, 5) is 19.5. The first kappa shape index (κ1) is 17.9. The summed E-state index contributed by atoms with van der Waals surface area (Å²) in [6.45, 7) is 5.66. The minimum absolute atomic E-state index is 0.0295. The lowest BCUT2D eigenvalue weighted by molar-refractivity contribution is -0.181. The normalized spacial score (nSPS) is 23.8. The number of hydrogen-bond acceptors (Lipinski definition) is 4. The Morgan fingerprint density at radius 3 is 2.75 bits per heavy atom. The zero-order chi connectivity index (χ0) is 19.1. The van der Waals surface area contributed by atoms with E-state index in [4.69, 9.17) is 9.47 Å². The number of carbonyl (C=O) groups excluding carboxylic acids is 1. The molecule has 6 heteroatoms. The second-order valence-corrected chi connectivity index (χ2v) is 8.24. The average Bonchev–Trinajstić information content (AvgIpc) is 3.34. The number of amides is 1. The molecule has 2 fully saturated rings. The molecular weight excluding hydrogens is 354 g/mol. The van der Waals surface area contributed by atoms with Gasteiger partial charge in [-0.3, -0.25) is 4.79 Å². The molecular formula is C22H27N3O3. The second kappa shape index (κ2) is 7.01. The van der Waals surface area contributed by atoms with Gasteiger partial charge in [-0.1, -0.05) is 29.8 Å². The number of imidazole rings is 1. The van der Waals surface area contributed by atoms with Crippen molar-refractivity contribution < 1.29 is 14.3 Å². The predicted octanol–water partition coefficient (Wildman–Crippen LogP) is 2.90. The van der Waals surface area contributed by atoms with E-state index in [0.717, 1.165) is 38.1 Å². The van der Waals surface area contributed by atoms with Crippen molar-refractivity contribution in [1.82, 2.24) is 14.5 Å². The lowest BCUT2D eigenvalue weighted by Crippen LogP contribution is -2.47. The molecule has 5 rings (SSSR count). The highest BCUT2D eigenvalue weighted by molar-refractivity contribution is 5.92. The Bertz CT molecular complexity index is 875. The van der Waals surface area contributed by atoms with Crippen LogP contribution in [0.15, 0.2) is 30.5 Å². The number of benzene rings is 1. The van der Waals surface area contributed by atoms with Gasteiger partial charge >= 0.3 is 0 Å². The van der Waals surface area contributed by atoms with Crippen molar-refractivity contribution in [3.05, 3.63) is 53.1 Å². The number of likely N-dealkylation sites (tertiary alicyclic amines) is 1. The van der Waals surface area contributed by atoms with Gasteiger partial charge in [0.25, 0.3) is 5.91 Å². The fraction of sp³-hybridized carbons (Fsp3) is 0.545. The molecule has 1 aromatic heterocycles. The van der Waals surface area contributed by atoms with Crippen LogP contribution in [-0.2, 0) is 22.4 Å². The monoisotopic (exact) mass is 381 g/mol. The Morgan fingerprint density at radius 2 is 2.00 bits per heavy atom. The van der Waals surface area contributed by atoms with Gasteiger partial charge in [0, 0.05) is 51.0 Å². The molecule has 2 saturated heterocycles. The van der Waals surface area contributed by atoms with Crippen molar-refractivity contribution in [2.45, 2.75) is 50.9 Å². The summed E-state index contributed by atoms with van der Waals surface area (Å²) in [5.41, 5.74) is 3.25. The number of carbonyl (C=O) groups is 1. The first-order valence-corrected chi connectivity index (χ1v) is 10.3. The molecule has 1 spiro atoms. The topological polar surface area (TPSA) is 56.6 Å². The average molecular weight is 381 g/mol. The number of fused-ring (bicyclic) bond motifs is 1. The summed E-state index contributed by atoms with van der Waals surface area (Å²) >= 11 is 0. The van der Waals surface area contributed by atoms with Crippen LogP contribution >= 0.6 is 0 Å². The molecule has 3 aliphatic rings. The maximum atomic E-state index is 13.0. The summed E-state index contributed by atoms with van der Waals surface area (Å²) in [5, 5.41) is 0. The number of piperidine rings is 1. The molecule has 1 aromatic carbocycles. The fourth-order valence-corrected chi connectivity index (χ4v) is 4.74. The van der Waals surface area contributed by atoms with Crippen LogP contribution in [0.3, 0.4) is 0 Å². The third-order valence-electron chi connectivity index (χ3n) is 6.35. The van der Waals surface area contributed by atoms with Gasteiger partial charge in [-0.25, -0.2) is 4.98 Å². The maximum Gasteiger partial charge on any atom is 0.274 e. The highest BCUT2D eigenvalue weighted by Crippen LogP contribution is 2.32. The quantitative estimate of drug-likeness (QED) is 0.803. The van der Waals surface area contributed by atoms with Crippen LogP contribution in [0.4, 0.5) is 0 Å². The number of rotatable bonds is 2. The molecule has 0 N–H and O–H groups in total. The Morgan fingerprint density at radius 1 is 1.21 bits per heavy atom. The number of hydrogen-bond donors (Lipinski definition) is 0. The van der Waals surface area contributed by atoms with E-state index in [2.05, 4.69) is 40.7 Å². The van der Waals surface area contributed by atoms with Gasteiger partial charge in [0.05, 0.1) is 13.2 Å². The molecule has 1 atom stereocenters. The fourth-order valence-electron chi connectivity index (χ4n) is 4.74. The van der Waals surface area contributed by atoms with Crippen molar-refractivity contribution in [1.29, 1.82) is 0 Å².